The Kier molecular flexibility index (Phi) is 7.91. The molecule has 244 valence electrons. The smallest absolute Gasteiger partial charge is 0.0541 e. The van der Waals surface area contributed by atoms with E-state index in [1.165, 1.54) is 55.3 Å². The van der Waals surface area contributed by atoms with E-state index in [9.17, 15) is 0 Å². The van der Waals surface area contributed by atoms with Crippen LogP contribution in [0.5, 0.6) is 0 Å². The topological polar surface area (TPSA) is 8.17 Å². The summed E-state index contributed by atoms with van der Waals surface area (Å²) in [5.41, 5.74) is 13.2. The van der Waals surface area contributed by atoms with Gasteiger partial charge >= 0.3 is 0 Å². The Bertz CT molecular complexity index is 2450. The lowest BCUT2D eigenvalue weighted by molar-refractivity contribution is 0.628. The largest absolute Gasteiger partial charge is 0.311 e. The average molecular weight is 655 g/mol. The van der Waals surface area contributed by atoms with E-state index in [-0.39, 0.29) is 0 Å². The van der Waals surface area contributed by atoms with Gasteiger partial charge in [-0.05, 0) is 88.3 Å². The highest BCUT2D eigenvalue weighted by Gasteiger charge is 2.23. The number of para-hydroxylation sites is 2. The number of fused-ring (bicyclic) bond motifs is 3. The van der Waals surface area contributed by atoms with Gasteiger partial charge in [0.25, 0.3) is 0 Å². The van der Waals surface area contributed by atoms with Crippen molar-refractivity contribution in [1.29, 1.82) is 0 Å². The summed E-state index contributed by atoms with van der Waals surface area (Å²) >= 11 is 0. The first-order valence-corrected chi connectivity index (χ1v) is 17.8. The van der Waals surface area contributed by atoms with Crippen molar-refractivity contribution >= 4 is 33.2 Å². The summed E-state index contributed by atoms with van der Waals surface area (Å²) in [7, 11) is 0. The van der Waals surface area contributed by atoms with Crippen LogP contribution in [-0.2, 0) is 0 Å². The molecule has 0 aliphatic heterocycles. The van der Waals surface area contributed by atoms with Crippen molar-refractivity contribution in [2.24, 2.45) is 5.92 Å². The number of allylic oxidation sites excluding steroid dienone is 3. The molecule has 0 bridgehead atoms. The Hall–Kier alpha value is -6.38. The summed E-state index contributed by atoms with van der Waals surface area (Å²) in [6.07, 6.45) is 7.09. The zero-order valence-electron chi connectivity index (χ0n) is 28.6. The fourth-order valence-electron chi connectivity index (χ4n) is 7.73. The zero-order chi connectivity index (χ0) is 34.1. The molecule has 2 atom stereocenters. The maximum absolute atomic E-state index is 2.42. The normalized spacial score (nSPS) is 15.6. The first-order valence-electron chi connectivity index (χ1n) is 17.8. The SMILES string of the molecule is CC1C=C(N(c2ccc(-c3ccccc3)cc2)c2ccc(-c3ccc(-n4c5ccccc5c5ccccc54)cc3)cc2)C=CC1c1ccccc1. The Morgan fingerprint density at radius 1 is 0.451 bits per heavy atom. The van der Waals surface area contributed by atoms with Crippen LogP contribution in [0.15, 0.2) is 206 Å². The molecule has 1 aromatic heterocycles. The fourth-order valence-corrected chi connectivity index (χ4v) is 7.73. The van der Waals surface area contributed by atoms with Crippen LogP contribution >= 0.6 is 0 Å². The third-order valence-electron chi connectivity index (χ3n) is 10.3. The van der Waals surface area contributed by atoms with E-state index in [0.29, 0.717) is 11.8 Å². The standard InChI is InChI=1S/C49H38N2/c1-35-34-44(32-33-45(35)40-14-6-3-7-15-40)50(41-26-20-37(21-27-41)36-12-4-2-5-13-36)42-28-22-38(23-29-42)39-24-30-43(31-25-39)51-48-18-10-8-16-46(48)47-17-9-11-19-49(47)51/h2-35,45H,1H3. The summed E-state index contributed by atoms with van der Waals surface area (Å²) in [6, 6.07) is 65.7. The molecule has 0 fully saturated rings. The fraction of sp³-hybridized carbons (Fsp3) is 0.0612. The zero-order valence-corrected chi connectivity index (χ0v) is 28.6. The lowest BCUT2D eigenvalue weighted by Gasteiger charge is -2.31. The van der Waals surface area contributed by atoms with Gasteiger partial charge in [-0.3, -0.25) is 0 Å². The average Bonchev–Trinajstić information content (AvgIpc) is 3.54. The summed E-state index contributed by atoms with van der Waals surface area (Å²) < 4.78 is 2.37. The number of anilines is 2. The number of rotatable bonds is 7. The number of hydrogen-bond donors (Lipinski definition) is 0. The first-order chi connectivity index (χ1) is 25.2. The van der Waals surface area contributed by atoms with E-state index in [2.05, 4.69) is 217 Å². The first kappa shape index (κ1) is 30.7. The highest BCUT2D eigenvalue weighted by molar-refractivity contribution is 6.09. The second kappa shape index (κ2) is 13.2. The third-order valence-corrected chi connectivity index (χ3v) is 10.3. The Labute approximate surface area is 299 Å². The van der Waals surface area contributed by atoms with Gasteiger partial charge < -0.3 is 9.47 Å². The molecule has 1 heterocycles. The van der Waals surface area contributed by atoms with Crippen LogP contribution in [0.1, 0.15) is 18.4 Å². The summed E-state index contributed by atoms with van der Waals surface area (Å²) in [5, 5.41) is 2.56. The van der Waals surface area contributed by atoms with E-state index >= 15 is 0 Å². The minimum absolute atomic E-state index is 0.352. The van der Waals surface area contributed by atoms with Crippen molar-refractivity contribution < 1.29 is 0 Å². The van der Waals surface area contributed by atoms with Crippen LogP contribution in [0.25, 0.3) is 49.7 Å². The monoisotopic (exact) mass is 654 g/mol. The number of nitrogens with zero attached hydrogens (tertiary/aromatic N) is 2. The number of benzene rings is 7. The minimum atomic E-state index is 0.352. The molecule has 0 amide bonds. The van der Waals surface area contributed by atoms with E-state index in [0.717, 1.165) is 17.1 Å². The van der Waals surface area contributed by atoms with Gasteiger partial charge in [-0.25, -0.2) is 0 Å². The van der Waals surface area contributed by atoms with Gasteiger partial charge in [-0.15, -0.1) is 0 Å². The Morgan fingerprint density at radius 3 is 1.43 bits per heavy atom. The van der Waals surface area contributed by atoms with Gasteiger partial charge in [0.15, 0.2) is 0 Å². The highest BCUT2D eigenvalue weighted by Crippen LogP contribution is 2.39. The molecular weight excluding hydrogens is 617 g/mol. The van der Waals surface area contributed by atoms with Crippen LogP contribution in [-0.4, -0.2) is 4.57 Å². The van der Waals surface area contributed by atoms with Gasteiger partial charge in [-0.1, -0.05) is 153 Å². The molecule has 9 rings (SSSR count). The highest BCUT2D eigenvalue weighted by atomic mass is 15.1. The Morgan fingerprint density at radius 2 is 0.902 bits per heavy atom. The molecule has 0 radical (unpaired) electrons. The van der Waals surface area contributed by atoms with E-state index in [4.69, 9.17) is 0 Å². The van der Waals surface area contributed by atoms with Gasteiger partial charge in [-0.2, -0.15) is 0 Å². The molecule has 7 aromatic carbocycles. The predicted octanol–water partition coefficient (Wildman–Crippen LogP) is 13.1. The maximum Gasteiger partial charge on any atom is 0.0541 e. The van der Waals surface area contributed by atoms with E-state index in [1.807, 2.05) is 0 Å². The molecule has 0 spiro atoms. The molecule has 8 aromatic rings. The van der Waals surface area contributed by atoms with Gasteiger partial charge in [0.1, 0.15) is 0 Å². The summed E-state index contributed by atoms with van der Waals surface area (Å²) in [6.45, 7) is 2.32. The van der Waals surface area contributed by atoms with Crippen LogP contribution < -0.4 is 4.90 Å². The molecule has 0 saturated heterocycles. The van der Waals surface area contributed by atoms with Crippen LogP contribution in [0.2, 0.25) is 0 Å². The molecule has 0 N–H and O–H groups in total. The van der Waals surface area contributed by atoms with Crippen molar-refractivity contribution in [1.82, 2.24) is 4.57 Å². The second-order valence-electron chi connectivity index (χ2n) is 13.5. The Balaban J connectivity index is 1.05. The molecule has 1 aliphatic carbocycles. The lowest BCUT2D eigenvalue weighted by Crippen LogP contribution is -2.20. The number of aromatic nitrogens is 1. The summed E-state index contributed by atoms with van der Waals surface area (Å²) in [4.78, 5) is 2.39. The predicted molar refractivity (Wildman–Crippen MR) is 216 cm³/mol. The molecule has 2 heteroatoms. The maximum atomic E-state index is 2.42. The van der Waals surface area contributed by atoms with Crippen LogP contribution in [0.4, 0.5) is 11.4 Å². The van der Waals surface area contributed by atoms with Crippen molar-refractivity contribution in [2.45, 2.75) is 12.8 Å². The molecule has 51 heavy (non-hydrogen) atoms. The van der Waals surface area contributed by atoms with Crippen molar-refractivity contribution in [2.75, 3.05) is 4.90 Å². The molecule has 2 nitrogen and oxygen atoms in total. The second-order valence-corrected chi connectivity index (χ2v) is 13.5. The van der Waals surface area contributed by atoms with E-state index < -0.39 is 0 Å². The molecule has 1 aliphatic rings. The van der Waals surface area contributed by atoms with Crippen LogP contribution in [0, 0.1) is 5.92 Å². The van der Waals surface area contributed by atoms with Crippen molar-refractivity contribution in [3.8, 4) is 27.9 Å². The molecular formula is C49H38N2. The minimum Gasteiger partial charge on any atom is -0.311 e. The van der Waals surface area contributed by atoms with E-state index in [1.54, 1.807) is 0 Å². The van der Waals surface area contributed by atoms with Gasteiger partial charge in [0, 0.05) is 39.4 Å². The quantitative estimate of drug-likeness (QED) is 0.166. The lowest BCUT2D eigenvalue weighted by atomic mass is 9.83. The van der Waals surface area contributed by atoms with Gasteiger partial charge in [0.2, 0.25) is 0 Å². The third kappa shape index (κ3) is 5.75. The molecule has 0 saturated carbocycles. The van der Waals surface area contributed by atoms with Crippen molar-refractivity contribution in [3.63, 3.8) is 0 Å². The van der Waals surface area contributed by atoms with Crippen molar-refractivity contribution in [3.05, 3.63) is 211 Å². The molecule has 2 unspecified atom stereocenters. The summed E-state index contributed by atoms with van der Waals surface area (Å²) in [5.74, 6) is 0.705. The van der Waals surface area contributed by atoms with Gasteiger partial charge in [0.05, 0.1) is 11.0 Å². The number of hydrogen-bond acceptors (Lipinski definition) is 1. The van der Waals surface area contributed by atoms with Crippen LogP contribution in [0.3, 0.4) is 0 Å².